The second-order valence-electron chi connectivity index (χ2n) is 7.31. The number of likely N-dealkylation sites (tertiary alicyclic amines) is 1. The fourth-order valence-electron chi connectivity index (χ4n) is 2.80. The van der Waals surface area contributed by atoms with Gasteiger partial charge in [0.2, 0.25) is 5.91 Å². The van der Waals surface area contributed by atoms with E-state index in [0.29, 0.717) is 19.4 Å². The minimum atomic E-state index is -1.00. The van der Waals surface area contributed by atoms with Crippen LogP contribution in [0.1, 0.15) is 47.5 Å². The molecule has 0 aromatic heterocycles. The van der Waals surface area contributed by atoms with Gasteiger partial charge in [-0.25, -0.2) is 9.59 Å². The van der Waals surface area contributed by atoms with Crippen molar-refractivity contribution in [2.45, 2.75) is 65.1 Å². The molecule has 0 spiro atoms. The third-order valence-electron chi connectivity index (χ3n) is 3.80. The van der Waals surface area contributed by atoms with Crippen LogP contribution in [0.15, 0.2) is 0 Å². The molecule has 0 saturated carbocycles. The summed E-state index contributed by atoms with van der Waals surface area (Å²) in [7, 11) is 1.52. The first-order valence-electron chi connectivity index (χ1n) is 7.94. The molecule has 0 unspecified atom stereocenters. The number of nitrogens with zero attached hydrogens (tertiary/aromatic N) is 2. The van der Waals surface area contributed by atoms with E-state index in [2.05, 4.69) is 0 Å². The average molecular weight is 328 g/mol. The predicted molar refractivity (Wildman–Crippen MR) is 85.0 cm³/mol. The Morgan fingerprint density at radius 1 is 1.26 bits per heavy atom. The minimum absolute atomic E-state index is 0.157. The summed E-state index contributed by atoms with van der Waals surface area (Å²) in [6, 6.07) is -1.56. The van der Waals surface area contributed by atoms with Gasteiger partial charge in [-0.2, -0.15) is 0 Å². The van der Waals surface area contributed by atoms with Crippen LogP contribution in [0.3, 0.4) is 0 Å². The van der Waals surface area contributed by atoms with E-state index in [4.69, 9.17) is 4.74 Å². The largest absolute Gasteiger partial charge is 0.480 e. The number of carbonyl (C=O) groups is 3. The molecule has 7 heteroatoms. The first-order chi connectivity index (χ1) is 10.5. The Bertz CT molecular complexity index is 470. The van der Waals surface area contributed by atoms with Crippen LogP contribution < -0.4 is 0 Å². The fourth-order valence-corrected chi connectivity index (χ4v) is 2.80. The maximum Gasteiger partial charge on any atom is 0.410 e. The number of hydrogen-bond donors (Lipinski definition) is 1. The van der Waals surface area contributed by atoms with Gasteiger partial charge in [0.15, 0.2) is 0 Å². The van der Waals surface area contributed by atoms with Crippen molar-refractivity contribution in [3.63, 3.8) is 0 Å². The summed E-state index contributed by atoms with van der Waals surface area (Å²) in [6.45, 7) is 9.33. The maximum absolute atomic E-state index is 12.8. The number of aliphatic carboxylic acids is 1. The molecule has 0 aliphatic carbocycles. The Hall–Kier alpha value is -1.79. The third kappa shape index (κ3) is 4.84. The number of ether oxygens (including phenoxy) is 1. The van der Waals surface area contributed by atoms with E-state index < -0.39 is 29.7 Å². The lowest BCUT2D eigenvalue weighted by Gasteiger charge is -2.35. The molecular weight excluding hydrogens is 300 g/mol. The molecule has 1 aliphatic rings. The smallest absolute Gasteiger partial charge is 0.410 e. The van der Waals surface area contributed by atoms with Crippen LogP contribution in [-0.4, -0.2) is 64.2 Å². The van der Waals surface area contributed by atoms with Gasteiger partial charge < -0.3 is 14.7 Å². The normalized spacial score (nSPS) is 19.6. The minimum Gasteiger partial charge on any atom is -0.480 e. The van der Waals surface area contributed by atoms with E-state index >= 15 is 0 Å². The maximum atomic E-state index is 12.8. The summed E-state index contributed by atoms with van der Waals surface area (Å²) < 4.78 is 5.32. The number of carboxylic acid groups (broad SMARTS) is 1. The Labute approximate surface area is 137 Å². The van der Waals surface area contributed by atoms with E-state index in [-0.39, 0.29) is 11.8 Å². The average Bonchev–Trinajstić information content (AvgIpc) is 2.85. The molecule has 1 rings (SSSR count). The topological polar surface area (TPSA) is 87.2 Å². The zero-order valence-electron chi connectivity index (χ0n) is 14.8. The van der Waals surface area contributed by atoms with Gasteiger partial charge in [-0.05, 0) is 39.5 Å². The molecule has 0 bridgehead atoms. The summed E-state index contributed by atoms with van der Waals surface area (Å²) in [5.41, 5.74) is -0.660. The van der Waals surface area contributed by atoms with Gasteiger partial charge in [-0.1, -0.05) is 13.8 Å². The summed E-state index contributed by atoms with van der Waals surface area (Å²) in [4.78, 5) is 39.0. The summed E-state index contributed by atoms with van der Waals surface area (Å²) >= 11 is 0. The summed E-state index contributed by atoms with van der Waals surface area (Å²) in [5, 5.41) is 9.25. The van der Waals surface area contributed by atoms with E-state index in [1.54, 1.807) is 20.8 Å². The first kappa shape index (κ1) is 19.3. The Morgan fingerprint density at radius 3 is 2.26 bits per heavy atom. The van der Waals surface area contributed by atoms with E-state index in [1.807, 2.05) is 13.8 Å². The number of rotatable bonds is 4. The van der Waals surface area contributed by atoms with E-state index in [1.165, 1.54) is 16.8 Å². The molecule has 1 saturated heterocycles. The van der Waals surface area contributed by atoms with Crippen LogP contribution in [0.25, 0.3) is 0 Å². The summed E-state index contributed by atoms with van der Waals surface area (Å²) in [6.07, 6.45) is 0.516. The van der Waals surface area contributed by atoms with Crippen molar-refractivity contribution in [3.05, 3.63) is 0 Å². The van der Waals surface area contributed by atoms with Crippen LogP contribution in [-0.2, 0) is 14.3 Å². The van der Waals surface area contributed by atoms with Crippen molar-refractivity contribution >= 4 is 18.0 Å². The molecule has 0 aromatic rings. The quantitative estimate of drug-likeness (QED) is 0.852. The molecule has 1 N–H and O–H groups in total. The van der Waals surface area contributed by atoms with Crippen molar-refractivity contribution in [3.8, 4) is 0 Å². The molecule has 23 heavy (non-hydrogen) atoms. The van der Waals surface area contributed by atoms with E-state index in [0.717, 1.165) is 0 Å². The molecule has 1 fully saturated rings. The van der Waals surface area contributed by atoms with Crippen LogP contribution in [0, 0.1) is 5.92 Å². The number of carbonyl (C=O) groups excluding carboxylic acids is 2. The number of hydrogen-bond acceptors (Lipinski definition) is 4. The molecule has 1 aliphatic heterocycles. The van der Waals surface area contributed by atoms with Gasteiger partial charge in [0.1, 0.15) is 17.7 Å². The fraction of sp³-hybridized carbons (Fsp3) is 0.812. The van der Waals surface area contributed by atoms with Crippen LogP contribution in [0.5, 0.6) is 0 Å². The predicted octanol–water partition coefficient (Wildman–Crippen LogP) is 1.95. The van der Waals surface area contributed by atoms with Crippen LogP contribution in [0.4, 0.5) is 4.79 Å². The molecule has 2 amide bonds. The van der Waals surface area contributed by atoms with Crippen molar-refractivity contribution in [1.82, 2.24) is 9.80 Å². The molecule has 0 aromatic carbocycles. The van der Waals surface area contributed by atoms with E-state index in [9.17, 15) is 19.5 Å². The zero-order chi connectivity index (χ0) is 17.9. The molecule has 132 valence electrons. The van der Waals surface area contributed by atoms with Gasteiger partial charge in [0.05, 0.1) is 0 Å². The second kappa shape index (κ2) is 7.19. The zero-order valence-corrected chi connectivity index (χ0v) is 14.8. The number of carboxylic acids is 1. The molecule has 7 nitrogen and oxygen atoms in total. The monoisotopic (exact) mass is 328 g/mol. The summed E-state index contributed by atoms with van der Waals surface area (Å²) in [5.74, 6) is -1.49. The molecule has 0 radical (unpaired) electrons. The Morgan fingerprint density at radius 2 is 1.83 bits per heavy atom. The molecular formula is C16H28N2O5. The van der Waals surface area contributed by atoms with Gasteiger partial charge >= 0.3 is 12.1 Å². The highest BCUT2D eigenvalue weighted by atomic mass is 16.6. The highest BCUT2D eigenvalue weighted by Crippen LogP contribution is 2.23. The lowest BCUT2D eigenvalue weighted by atomic mass is 10.0. The lowest BCUT2D eigenvalue weighted by Crippen LogP contribution is -2.54. The highest BCUT2D eigenvalue weighted by molar-refractivity contribution is 5.90. The van der Waals surface area contributed by atoms with Crippen molar-refractivity contribution in [2.24, 2.45) is 5.92 Å². The van der Waals surface area contributed by atoms with Gasteiger partial charge in [-0.15, -0.1) is 0 Å². The van der Waals surface area contributed by atoms with Crippen molar-refractivity contribution in [2.75, 3.05) is 13.6 Å². The number of amides is 2. The van der Waals surface area contributed by atoms with Crippen molar-refractivity contribution in [1.29, 1.82) is 0 Å². The first-order valence-corrected chi connectivity index (χ1v) is 7.94. The van der Waals surface area contributed by atoms with Gasteiger partial charge in [0.25, 0.3) is 0 Å². The Balaban J connectivity index is 2.95. The molecule has 2 atom stereocenters. The Kier molecular flexibility index (Phi) is 6.02. The SMILES string of the molecule is CC(C)[C@H](C(=O)N1CCC[C@H]1C(=O)O)N(C)C(=O)OC(C)(C)C. The highest BCUT2D eigenvalue weighted by Gasteiger charge is 2.41. The van der Waals surface area contributed by atoms with Crippen molar-refractivity contribution < 1.29 is 24.2 Å². The number of likely N-dealkylation sites (N-methyl/N-ethyl adjacent to an activating group) is 1. The molecule has 1 heterocycles. The standard InChI is InChI=1S/C16H28N2O5/c1-10(2)12(17(6)15(22)23-16(3,4)5)13(19)18-9-7-8-11(18)14(20)21/h10-12H,7-9H2,1-6H3,(H,20,21)/t11-,12+/m0/s1. The van der Waals surface area contributed by atoms with Gasteiger partial charge in [0, 0.05) is 13.6 Å². The lowest BCUT2D eigenvalue weighted by molar-refractivity contribution is -0.150. The van der Waals surface area contributed by atoms with Gasteiger partial charge in [-0.3, -0.25) is 9.69 Å². The third-order valence-corrected chi connectivity index (χ3v) is 3.80. The van der Waals surface area contributed by atoms with Crippen LogP contribution >= 0.6 is 0 Å². The van der Waals surface area contributed by atoms with Crippen LogP contribution in [0.2, 0.25) is 0 Å². The second-order valence-corrected chi connectivity index (χ2v) is 7.31.